The largest absolute Gasteiger partial charge is 0.338 e. The summed E-state index contributed by atoms with van der Waals surface area (Å²) in [4.78, 5) is 15.9. The van der Waals surface area contributed by atoms with Gasteiger partial charge in [0, 0.05) is 34.6 Å². The summed E-state index contributed by atoms with van der Waals surface area (Å²) < 4.78 is 14.1. The quantitative estimate of drug-likeness (QED) is 0.680. The van der Waals surface area contributed by atoms with Crippen LogP contribution in [0.4, 0.5) is 4.39 Å². The summed E-state index contributed by atoms with van der Waals surface area (Å²) in [7, 11) is 0. The molecule has 0 aromatic heterocycles. The number of benzene rings is 2. The molecule has 2 aromatic rings. The molecule has 1 heterocycles. The number of carbonyl (C=O) groups excluding carboxylic acids is 1. The van der Waals surface area contributed by atoms with E-state index in [0.717, 1.165) is 33.9 Å². The Bertz CT molecular complexity index is 737. The van der Waals surface area contributed by atoms with Gasteiger partial charge in [0.25, 0.3) is 5.91 Å². The molecule has 0 saturated carbocycles. The van der Waals surface area contributed by atoms with E-state index >= 15 is 0 Å². The molecule has 25 heavy (non-hydrogen) atoms. The zero-order valence-corrected chi connectivity index (χ0v) is 15.9. The van der Waals surface area contributed by atoms with Crippen molar-refractivity contribution in [1.82, 2.24) is 4.90 Å². The average Bonchev–Trinajstić information content (AvgIpc) is 2.88. The molecule has 0 N–H and O–H groups in total. The molecular formula is C20H22FNOS2. The maximum Gasteiger partial charge on any atom is 0.255 e. The van der Waals surface area contributed by atoms with Crippen LogP contribution in [0.2, 0.25) is 0 Å². The highest BCUT2D eigenvalue weighted by Gasteiger charge is 2.25. The third kappa shape index (κ3) is 4.39. The first-order chi connectivity index (χ1) is 12.2. The van der Waals surface area contributed by atoms with Crippen LogP contribution in [0.25, 0.3) is 0 Å². The van der Waals surface area contributed by atoms with Gasteiger partial charge in [-0.25, -0.2) is 4.39 Å². The molecule has 1 unspecified atom stereocenters. The lowest BCUT2D eigenvalue weighted by molar-refractivity contribution is 0.0763. The second kappa shape index (κ2) is 8.77. The molecule has 2 nitrogen and oxygen atoms in total. The number of hydrogen-bond acceptors (Lipinski definition) is 3. The van der Waals surface area contributed by atoms with Crippen molar-refractivity contribution in [3.63, 3.8) is 0 Å². The summed E-state index contributed by atoms with van der Waals surface area (Å²) in [6, 6.07) is 14.8. The summed E-state index contributed by atoms with van der Waals surface area (Å²) >= 11 is 3.44. The lowest BCUT2D eigenvalue weighted by atomic mass is 10.1. The SMILES string of the molecule is CCSc1ccccc1C(=O)N1CCSC(c2ccccc2F)CC1. The molecule has 5 heteroatoms. The molecular weight excluding hydrogens is 353 g/mol. The van der Waals surface area contributed by atoms with Crippen LogP contribution in [0, 0.1) is 5.82 Å². The van der Waals surface area contributed by atoms with Crippen LogP contribution in [0.15, 0.2) is 53.4 Å². The Hall–Kier alpha value is -1.46. The molecule has 132 valence electrons. The van der Waals surface area contributed by atoms with Crippen molar-refractivity contribution in [3.05, 3.63) is 65.5 Å². The Morgan fingerprint density at radius 3 is 2.76 bits per heavy atom. The number of nitrogens with zero attached hydrogens (tertiary/aromatic N) is 1. The van der Waals surface area contributed by atoms with Crippen molar-refractivity contribution in [2.75, 3.05) is 24.6 Å². The maximum atomic E-state index is 14.1. The van der Waals surface area contributed by atoms with Crippen LogP contribution in [0.5, 0.6) is 0 Å². The Morgan fingerprint density at radius 1 is 1.20 bits per heavy atom. The van der Waals surface area contributed by atoms with Crippen molar-refractivity contribution >= 4 is 29.4 Å². The summed E-state index contributed by atoms with van der Waals surface area (Å²) in [6.07, 6.45) is 0.778. The molecule has 1 saturated heterocycles. The van der Waals surface area contributed by atoms with E-state index in [1.165, 1.54) is 6.07 Å². The zero-order chi connectivity index (χ0) is 17.6. The first-order valence-electron chi connectivity index (χ1n) is 8.58. The fraction of sp³-hybridized carbons (Fsp3) is 0.350. The zero-order valence-electron chi connectivity index (χ0n) is 14.3. The number of rotatable bonds is 4. The van der Waals surface area contributed by atoms with E-state index in [0.29, 0.717) is 13.1 Å². The van der Waals surface area contributed by atoms with E-state index in [4.69, 9.17) is 0 Å². The van der Waals surface area contributed by atoms with Crippen LogP contribution >= 0.6 is 23.5 Å². The highest BCUT2D eigenvalue weighted by Crippen LogP contribution is 2.36. The van der Waals surface area contributed by atoms with Crippen LogP contribution in [0.3, 0.4) is 0 Å². The van der Waals surface area contributed by atoms with Gasteiger partial charge in [-0.15, -0.1) is 11.8 Å². The van der Waals surface area contributed by atoms with Gasteiger partial charge in [0.2, 0.25) is 0 Å². The van der Waals surface area contributed by atoms with Gasteiger partial charge in [0.05, 0.1) is 5.56 Å². The third-order valence-corrected chi connectivity index (χ3v) is 6.56. The van der Waals surface area contributed by atoms with Crippen molar-refractivity contribution in [2.45, 2.75) is 23.5 Å². The number of thioether (sulfide) groups is 2. The minimum absolute atomic E-state index is 0.0892. The predicted molar refractivity (Wildman–Crippen MR) is 105 cm³/mol. The molecule has 0 spiro atoms. The van der Waals surface area contributed by atoms with Gasteiger partial charge >= 0.3 is 0 Å². The third-order valence-electron chi connectivity index (χ3n) is 4.30. The van der Waals surface area contributed by atoms with E-state index in [-0.39, 0.29) is 17.0 Å². The minimum atomic E-state index is -0.149. The summed E-state index contributed by atoms with van der Waals surface area (Å²) in [5.41, 5.74) is 1.53. The van der Waals surface area contributed by atoms with Gasteiger partial charge in [-0.2, -0.15) is 11.8 Å². The molecule has 3 rings (SSSR count). The van der Waals surface area contributed by atoms with Gasteiger partial charge < -0.3 is 4.90 Å². The Morgan fingerprint density at radius 2 is 1.96 bits per heavy atom. The molecule has 1 aliphatic rings. The average molecular weight is 376 g/mol. The summed E-state index contributed by atoms with van der Waals surface area (Å²) in [5, 5.41) is 0.110. The number of halogens is 1. The summed E-state index contributed by atoms with van der Waals surface area (Å²) in [5.74, 6) is 1.71. The van der Waals surface area contributed by atoms with Crippen LogP contribution in [-0.4, -0.2) is 35.4 Å². The van der Waals surface area contributed by atoms with E-state index in [2.05, 4.69) is 6.92 Å². The predicted octanol–water partition coefficient (Wildman–Crippen LogP) is 5.26. The van der Waals surface area contributed by atoms with E-state index < -0.39 is 0 Å². The van der Waals surface area contributed by atoms with Gasteiger partial charge in [-0.1, -0.05) is 37.3 Å². The second-order valence-corrected chi connectivity index (χ2v) is 8.51. The lowest BCUT2D eigenvalue weighted by Crippen LogP contribution is -2.33. The van der Waals surface area contributed by atoms with E-state index in [1.807, 2.05) is 41.3 Å². The first kappa shape index (κ1) is 18.3. The fourth-order valence-electron chi connectivity index (χ4n) is 3.05. The molecule has 0 bridgehead atoms. The van der Waals surface area contributed by atoms with Crippen LogP contribution < -0.4 is 0 Å². The van der Waals surface area contributed by atoms with E-state index in [1.54, 1.807) is 29.6 Å². The fourth-order valence-corrected chi connectivity index (χ4v) is 5.10. The number of hydrogen-bond donors (Lipinski definition) is 0. The Labute approximate surface area is 157 Å². The van der Waals surface area contributed by atoms with Gasteiger partial charge in [0.15, 0.2) is 0 Å². The van der Waals surface area contributed by atoms with Crippen LogP contribution in [0.1, 0.15) is 34.5 Å². The Kier molecular flexibility index (Phi) is 6.43. The first-order valence-corrected chi connectivity index (χ1v) is 10.6. The normalized spacial score (nSPS) is 18.0. The Balaban J connectivity index is 1.73. The smallest absolute Gasteiger partial charge is 0.255 e. The highest BCUT2D eigenvalue weighted by molar-refractivity contribution is 7.99. The maximum absolute atomic E-state index is 14.1. The summed E-state index contributed by atoms with van der Waals surface area (Å²) in [6.45, 7) is 3.46. The standard InChI is InChI=1S/C20H22FNOS2/c1-2-24-18-10-6-4-8-16(18)20(23)22-12-11-19(25-14-13-22)15-7-3-5-9-17(15)21/h3-10,19H,2,11-14H2,1H3. The number of carbonyl (C=O) groups is 1. The topological polar surface area (TPSA) is 20.3 Å². The van der Waals surface area contributed by atoms with Crippen molar-refractivity contribution in [2.24, 2.45) is 0 Å². The van der Waals surface area contributed by atoms with Gasteiger partial charge in [-0.3, -0.25) is 4.79 Å². The minimum Gasteiger partial charge on any atom is -0.338 e. The molecule has 2 aromatic carbocycles. The van der Waals surface area contributed by atoms with Gasteiger partial charge in [-0.05, 0) is 30.4 Å². The van der Waals surface area contributed by atoms with Gasteiger partial charge in [0.1, 0.15) is 5.82 Å². The monoisotopic (exact) mass is 375 g/mol. The van der Waals surface area contributed by atoms with E-state index in [9.17, 15) is 9.18 Å². The molecule has 1 amide bonds. The lowest BCUT2D eigenvalue weighted by Gasteiger charge is -2.21. The van der Waals surface area contributed by atoms with Crippen LogP contribution in [-0.2, 0) is 0 Å². The second-order valence-electron chi connectivity index (χ2n) is 5.89. The molecule has 1 aliphatic heterocycles. The molecule has 0 aliphatic carbocycles. The molecule has 1 atom stereocenters. The van der Waals surface area contributed by atoms with Crippen molar-refractivity contribution in [1.29, 1.82) is 0 Å². The number of amides is 1. The molecule has 0 radical (unpaired) electrons. The molecule has 1 fully saturated rings. The highest BCUT2D eigenvalue weighted by atomic mass is 32.2. The van der Waals surface area contributed by atoms with Crippen molar-refractivity contribution in [3.8, 4) is 0 Å². The van der Waals surface area contributed by atoms with Crippen molar-refractivity contribution < 1.29 is 9.18 Å².